The van der Waals surface area contributed by atoms with E-state index in [-0.39, 0.29) is 17.4 Å². The Bertz CT molecular complexity index is 228. The summed E-state index contributed by atoms with van der Waals surface area (Å²) < 4.78 is 10.1. The molecule has 16 heavy (non-hydrogen) atoms. The molecule has 1 aliphatic heterocycles. The van der Waals surface area contributed by atoms with Gasteiger partial charge in [0.1, 0.15) is 6.04 Å². The highest BCUT2D eigenvalue weighted by Crippen LogP contribution is 2.30. The number of nitrogens with one attached hydrogen (secondary N) is 1. The molecule has 0 aromatic heterocycles. The summed E-state index contributed by atoms with van der Waals surface area (Å²) in [6, 6.07) is -0.163. The molecule has 4 heteroatoms. The first kappa shape index (κ1) is 13.5. The highest BCUT2D eigenvalue weighted by atomic mass is 16.5. The van der Waals surface area contributed by atoms with Crippen LogP contribution in [0.15, 0.2) is 0 Å². The first-order valence-electron chi connectivity index (χ1n) is 5.97. The Labute approximate surface area is 97.7 Å². The normalized spacial score (nSPS) is 24.1. The minimum absolute atomic E-state index is 0.00338. The molecule has 1 N–H and O–H groups in total. The summed E-state index contributed by atoms with van der Waals surface area (Å²) in [5.41, 5.74) is -0.00338. The third-order valence-corrected chi connectivity index (χ3v) is 3.10. The summed E-state index contributed by atoms with van der Waals surface area (Å²) in [5, 5.41) is 3.24. The second-order valence-electron chi connectivity index (χ2n) is 4.99. The summed E-state index contributed by atoms with van der Waals surface area (Å²) in [6.45, 7) is 6.21. The minimum Gasteiger partial charge on any atom is -0.464 e. The van der Waals surface area contributed by atoms with E-state index in [1.807, 2.05) is 0 Å². The first-order chi connectivity index (χ1) is 7.58. The van der Waals surface area contributed by atoms with Crippen LogP contribution in [0.2, 0.25) is 0 Å². The van der Waals surface area contributed by atoms with Crippen LogP contribution in [0.4, 0.5) is 0 Å². The molecule has 0 saturated carbocycles. The van der Waals surface area contributed by atoms with Gasteiger partial charge < -0.3 is 14.8 Å². The molecule has 0 spiro atoms. The minimum atomic E-state index is -0.163. The van der Waals surface area contributed by atoms with Crippen LogP contribution in [-0.2, 0) is 14.3 Å². The molecule has 0 amide bonds. The van der Waals surface area contributed by atoms with Crippen molar-refractivity contribution in [2.75, 3.05) is 26.9 Å². The summed E-state index contributed by atoms with van der Waals surface area (Å²) in [5.74, 6) is -0.124. The van der Waals surface area contributed by atoms with Crippen molar-refractivity contribution in [1.82, 2.24) is 5.32 Å². The Kier molecular flexibility index (Phi) is 5.22. The van der Waals surface area contributed by atoms with Crippen molar-refractivity contribution in [1.29, 1.82) is 0 Å². The zero-order valence-corrected chi connectivity index (χ0v) is 10.5. The Balaban J connectivity index is 2.34. The van der Waals surface area contributed by atoms with E-state index in [9.17, 15) is 4.79 Å². The lowest BCUT2D eigenvalue weighted by Crippen LogP contribution is -2.52. The van der Waals surface area contributed by atoms with Crippen LogP contribution < -0.4 is 5.32 Å². The molecule has 0 aliphatic carbocycles. The molecular formula is C12H23NO3. The van der Waals surface area contributed by atoms with Crippen molar-refractivity contribution in [3.8, 4) is 0 Å². The van der Waals surface area contributed by atoms with E-state index in [2.05, 4.69) is 19.2 Å². The fourth-order valence-electron chi connectivity index (χ4n) is 2.07. The van der Waals surface area contributed by atoms with Crippen molar-refractivity contribution in [2.24, 2.45) is 5.41 Å². The molecule has 0 bridgehead atoms. The lowest BCUT2D eigenvalue weighted by Gasteiger charge is -2.37. The van der Waals surface area contributed by atoms with Crippen LogP contribution in [0.25, 0.3) is 0 Å². The maximum absolute atomic E-state index is 11.9. The molecule has 0 aromatic carbocycles. The average Bonchev–Trinajstić information content (AvgIpc) is 2.23. The van der Waals surface area contributed by atoms with Crippen molar-refractivity contribution in [3.05, 3.63) is 0 Å². The zero-order valence-electron chi connectivity index (χ0n) is 10.5. The molecule has 1 atom stereocenters. The number of esters is 1. The van der Waals surface area contributed by atoms with Crippen molar-refractivity contribution < 1.29 is 14.3 Å². The Morgan fingerprint density at radius 1 is 1.44 bits per heavy atom. The van der Waals surface area contributed by atoms with Gasteiger partial charge in [-0.2, -0.15) is 0 Å². The van der Waals surface area contributed by atoms with E-state index in [1.165, 1.54) is 0 Å². The molecule has 1 heterocycles. The zero-order chi connectivity index (χ0) is 12.0. The number of carbonyl (C=O) groups excluding carboxylic acids is 1. The van der Waals surface area contributed by atoms with Crippen LogP contribution in [-0.4, -0.2) is 38.9 Å². The highest BCUT2D eigenvalue weighted by Gasteiger charge is 2.38. The van der Waals surface area contributed by atoms with Crippen LogP contribution in [0.1, 0.15) is 33.1 Å². The molecule has 1 rings (SSSR count). The van der Waals surface area contributed by atoms with Gasteiger partial charge in [0.2, 0.25) is 0 Å². The number of piperidine rings is 1. The smallest absolute Gasteiger partial charge is 0.323 e. The maximum Gasteiger partial charge on any atom is 0.323 e. The van der Waals surface area contributed by atoms with Gasteiger partial charge in [0.25, 0.3) is 0 Å². The number of hydrogen-bond donors (Lipinski definition) is 1. The largest absolute Gasteiger partial charge is 0.464 e. The number of carbonyl (C=O) groups is 1. The maximum atomic E-state index is 11.9. The van der Waals surface area contributed by atoms with Gasteiger partial charge in [0, 0.05) is 20.1 Å². The van der Waals surface area contributed by atoms with E-state index in [1.54, 1.807) is 7.11 Å². The highest BCUT2D eigenvalue weighted by molar-refractivity contribution is 5.77. The molecule has 1 fully saturated rings. The fraction of sp³-hybridized carbons (Fsp3) is 0.917. The SMILES string of the molecule is COCCCOC(=O)C1NCCCC1(C)C. The summed E-state index contributed by atoms with van der Waals surface area (Å²) >= 11 is 0. The quantitative estimate of drug-likeness (QED) is 0.571. The molecule has 4 nitrogen and oxygen atoms in total. The number of rotatable bonds is 5. The summed E-state index contributed by atoms with van der Waals surface area (Å²) in [4.78, 5) is 11.9. The molecular weight excluding hydrogens is 206 g/mol. The predicted octanol–water partition coefficient (Wildman–Crippen LogP) is 1.34. The van der Waals surface area contributed by atoms with Crippen LogP contribution in [0.3, 0.4) is 0 Å². The van der Waals surface area contributed by atoms with Gasteiger partial charge in [0.15, 0.2) is 0 Å². The lowest BCUT2D eigenvalue weighted by molar-refractivity contribution is -0.150. The van der Waals surface area contributed by atoms with E-state index in [0.29, 0.717) is 13.2 Å². The van der Waals surface area contributed by atoms with Crippen LogP contribution in [0, 0.1) is 5.41 Å². The van der Waals surface area contributed by atoms with Gasteiger partial charge in [-0.3, -0.25) is 4.79 Å². The Morgan fingerprint density at radius 3 is 2.81 bits per heavy atom. The molecule has 0 aromatic rings. The van der Waals surface area contributed by atoms with E-state index in [0.717, 1.165) is 25.8 Å². The van der Waals surface area contributed by atoms with Gasteiger partial charge in [-0.15, -0.1) is 0 Å². The van der Waals surface area contributed by atoms with Crippen LogP contribution in [0.5, 0.6) is 0 Å². The van der Waals surface area contributed by atoms with Gasteiger partial charge in [0.05, 0.1) is 6.61 Å². The first-order valence-corrected chi connectivity index (χ1v) is 5.97. The second kappa shape index (κ2) is 6.21. The summed E-state index contributed by atoms with van der Waals surface area (Å²) in [6.07, 6.45) is 2.95. The van der Waals surface area contributed by atoms with E-state index >= 15 is 0 Å². The number of methoxy groups -OCH3 is 1. The third-order valence-electron chi connectivity index (χ3n) is 3.10. The van der Waals surface area contributed by atoms with Gasteiger partial charge in [-0.25, -0.2) is 0 Å². The third kappa shape index (κ3) is 3.76. The average molecular weight is 229 g/mol. The second-order valence-corrected chi connectivity index (χ2v) is 4.99. The van der Waals surface area contributed by atoms with Crippen molar-refractivity contribution in [3.63, 3.8) is 0 Å². The Hall–Kier alpha value is -0.610. The van der Waals surface area contributed by atoms with E-state index in [4.69, 9.17) is 9.47 Å². The van der Waals surface area contributed by atoms with Gasteiger partial charge in [-0.1, -0.05) is 13.8 Å². The topological polar surface area (TPSA) is 47.6 Å². The van der Waals surface area contributed by atoms with Gasteiger partial charge in [-0.05, 0) is 24.8 Å². The van der Waals surface area contributed by atoms with Crippen LogP contribution >= 0.6 is 0 Å². The monoisotopic (exact) mass is 229 g/mol. The molecule has 1 unspecified atom stereocenters. The number of hydrogen-bond acceptors (Lipinski definition) is 4. The molecule has 1 aliphatic rings. The standard InChI is InChI=1S/C12H23NO3/c1-12(2)6-4-7-13-10(12)11(14)16-9-5-8-15-3/h10,13H,4-9H2,1-3H3. The Morgan fingerprint density at radius 2 is 2.19 bits per heavy atom. The van der Waals surface area contributed by atoms with Crippen molar-refractivity contribution >= 4 is 5.97 Å². The van der Waals surface area contributed by atoms with E-state index < -0.39 is 0 Å². The number of ether oxygens (including phenoxy) is 2. The predicted molar refractivity (Wildman–Crippen MR) is 62.3 cm³/mol. The van der Waals surface area contributed by atoms with Crippen molar-refractivity contribution in [2.45, 2.75) is 39.2 Å². The molecule has 0 radical (unpaired) electrons. The summed E-state index contributed by atoms with van der Waals surface area (Å²) in [7, 11) is 1.65. The fourth-order valence-corrected chi connectivity index (χ4v) is 2.07. The van der Waals surface area contributed by atoms with Gasteiger partial charge >= 0.3 is 5.97 Å². The molecule has 94 valence electrons. The molecule has 1 saturated heterocycles. The lowest BCUT2D eigenvalue weighted by atomic mass is 9.77.